The highest BCUT2D eigenvalue weighted by atomic mass is 35.5. The van der Waals surface area contributed by atoms with Crippen molar-refractivity contribution in [2.45, 2.75) is 57.5 Å². The van der Waals surface area contributed by atoms with Crippen molar-refractivity contribution in [1.29, 1.82) is 0 Å². The van der Waals surface area contributed by atoms with Crippen LogP contribution < -0.4 is 0 Å². The largest absolute Gasteiger partial charge is 0.508 e. The van der Waals surface area contributed by atoms with Crippen LogP contribution in [0.2, 0.25) is 5.02 Å². The van der Waals surface area contributed by atoms with Gasteiger partial charge < -0.3 is 10.2 Å². The standard InChI is InChI=1S/C18H23ClO2/c1-18-7-6-13-12(14(18)4-5-16(18)21)3-2-10-8-11(20)9-15(19)17(10)13/h8-9,12-14,16,20-21H,2-7H2,1H3/t12-,13-,14-,16-,18-/m0/s1. The molecule has 3 aliphatic rings. The predicted molar refractivity (Wildman–Crippen MR) is 83.7 cm³/mol. The molecule has 3 aliphatic carbocycles. The second-order valence-corrected chi connectivity index (χ2v) is 7.96. The quantitative estimate of drug-likeness (QED) is 0.752. The zero-order valence-electron chi connectivity index (χ0n) is 12.5. The first-order chi connectivity index (χ1) is 10.0. The SMILES string of the molecule is C[C@]12CC[C@@H]3c4c(Cl)cc(O)cc4CC[C@@H]3[C@@H]1CC[C@@H]2O. The molecule has 0 bridgehead atoms. The lowest BCUT2D eigenvalue weighted by molar-refractivity contribution is -0.0226. The molecule has 1 aromatic rings. The van der Waals surface area contributed by atoms with E-state index < -0.39 is 0 Å². The monoisotopic (exact) mass is 306 g/mol. The number of halogens is 1. The molecule has 0 aliphatic heterocycles. The number of rotatable bonds is 0. The first kappa shape index (κ1) is 13.9. The molecule has 2 N–H and O–H groups in total. The maximum Gasteiger partial charge on any atom is 0.117 e. The number of phenolic OH excluding ortho intramolecular Hbond substituents is 1. The first-order valence-corrected chi connectivity index (χ1v) is 8.58. The Morgan fingerprint density at radius 2 is 2.00 bits per heavy atom. The minimum atomic E-state index is -0.125. The third-order valence-corrected chi connectivity index (χ3v) is 7.02. The summed E-state index contributed by atoms with van der Waals surface area (Å²) in [4.78, 5) is 0. The lowest BCUT2D eigenvalue weighted by Gasteiger charge is -2.50. The molecule has 0 heterocycles. The van der Waals surface area contributed by atoms with E-state index in [1.807, 2.05) is 6.07 Å². The van der Waals surface area contributed by atoms with E-state index in [4.69, 9.17) is 11.6 Å². The molecular formula is C18H23ClO2. The number of aliphatic hydroxyl groups excluding tert-OH is 1. The Balaban J connectivity index is 1.75. The van der Waals surface area contributed by atoms with Gasteiger partial charge in [0.05, 0.1) is 6.10 Å². The van der Waals surface area contributed by atoms with Crippen LogP contribution in [0.15, 0.2) is 12.1 Å². The second-order valence-electron chi connectivity index (χ2n) is 7.55. The van der Waals surface area contributed by atoms with Crippen molar-refractivity contribution in [3.8, 4) is 5.75 Å². The van der Waals surface area contributed by atoms with Gasteiger partial charge in [0, 0.05) is 5.02 Å². The molecule has 1 aromatic carbocycles. The Labute approximate surface area is 131 Å². The normalized spacial score (nSPS) is 41.3. The number of aromatic hydroxyl groups is 1. The summed E-state index contributed by atoms with van der Waals surface area (Å²) >= 11 is 6.46. The van der Waals surface area contributed by atoms with Crippen LogP contribution in [-0.4, -0.2) is 16.3 Å². The Kier molecular flexibility index (Phi) is 3.07. The van der Waals surface area contributed by atoms with Crippen LogP contribution in [0.4, 0.5) is 0 Å². The smallest absolute Gasteiger partial charge is 0.117 e. The van der Waals surface area contributed by atoms with Crippen molar-refractivity contribution < 1.29 is 10.2 Å². The average molecular weight is 307 g/mol. The summed E-state index contributed by atoms with van der Waals surface area (Å²) in [6.07, 6.45) is 6.38. The van der Waals surface area contributed by atoms with Crippen molar-refractivity contribution in [2.75, 3.05) is 0 Å². The lowest BCUT2D eigenvalue weighted by Crippen LogP contribution is -2.44. The van der Waals surface area contributed by atoms with Crippen LogP contribution in [0.1, 0.15) is 56.1 Å². The molecule has 2 fully saturated rings. The molecule has 114 valence electrons. The van der Waals surface area contributed by atoms with Crippen molar-refractivity contribution in [3.63, 3.8) is 0 Å². The molecule has 0 radical (unpaired) electrons. The molecular weight excluding hydrogens is 284 g/mol. The van der Waals surface area contributed by atoms with Crippen molar-refractivity contribution in [3.05, 3.63) is 28.3 Å². The van der Waals surface area contributed by atoms with E-state index in [1.54, 1.807) is 6.07 Å². The van der Waals surface area contributed by atoms with Crippen LogP contribution in [0.3, 0.4) is 0 Å². The van der Waals surface area contributed by atoms with Gasteiger partial charge in [-0.3, -0.25) is 0 Å². The number of hydrogen-bond acceptors (Lipinski definition) is 2. The zero-order valence-corrected chi connectivity index (χ0v) is 13.2. The fourth-order valence-corrected chi connectivity index (χ4v) is 6.00. The number of phenols is 1. The highest BCUT2D eigenvalue weighted by Gasteiger charge is 2.54. The maximum atomic E-state index is 10.4. The predicted octanol–water partition coefficient (Wildman–Crippen LogP) is 4.26. The van der Waals surface area contributed by atoms with Crippen LogP contribution in [0, 0.1) is 17.3 Å². The van der Waals surface area contributed by atoms with E-state index in [9.17, 15) is 10.2 Å². The van der Waals surface area contributed by atoms with Gasteiger partial charge >= 0.3 is 0 Å². The van der Waals surface area contributed by atoms with Gasteiger partial charge in [-0.1, -0.05) is 18.5 Å². The van der Waals surface area contributed by atoms with E-state index >= 15 is 0 Å². The van der Waals surface area contributed by atoms with Crippen molar-refractivity contribution >= 4 is 11.6 Å². The maximum absolute atomic E-state index is 10.4. The molecule has 2 nitrogen and oxygen atoms in total. The van der Waals surface area contributed by atoms with Gasteiger partial charge in [0.2, 0.25) is 0 Å². The molecule has 2 saturated carbocycles. The third kappa shape index (κ3) is 1.88. The van der Waals surface area contributed by atoms with Gasteiger partial charge in [-0.25, -0.2) is 0 Å². The summed E-state index contributed by atoms with van der Waals surface area (Å²) in [7, 11) is 0. The molecule has 5 atom stereocenters. The van der Waals surface area contributed by atoms with E-state index in [0.717, 1.165) is 37.1 Å². The van der Waals surface area contributed by atoms with E-state index in [0.29, 0.717) is 17.8 Å². The number of aryl methyl sites for hydroxylation is 1. The summed E-state index contributed by atoms with van der Waals surface area (Å²) in [5.74, 6) is 2.08. The average Bonchev–Trinajstić information content (AvgIpc) is 2.74. The molecule has 4 rings (SSSR count). The zero-order chi connectivity index (χ0) is 14.8. The van der Waals surface area contributed by atoms with Gasteiger partial charge in [-0.2, -0.15) is 0 Å². The topological polar surface area (TPSA) is 40.5 Å². The molecule has 0 saturated heterocycles. The second kappa shape index (κ2) is 4.63. The van der Waals surface area contributed by atoms with Crippen LogP contribution >= 0.6 is 11.6 Å². The summed E-state index contributed by atoms with van der Waals surface area (Å²) in [5, 5.41) is 20.9. The van der Waals surface area contributed by atoms with Crippen LogP contribution in [-0.2, 0) is 6.42 Å². The first-order valence-electron chi connectivity index (χ1n) is 8.20. The number of benzene rings is 1. The number of aliphatic hydroxyl groups is 1. The molecule has 0 aromatic heterocycles. The summed E-state index contributed by atoms with van der Waals surface area (Å²) in [6, 6.07) is 3.59. The van der Waals surface area contributed by atoms with Gasteiger partial charge in [0.1, 0.15) is 5.75 Å². The highest BCUT2D eigenvalue weighted by molar-refractivity contribution is 6.31. The van der Waals surface area contributed by atoms with Crippen molar-refractivity contribution in [2.24, 2.45) is 17.3 Å². The molecule has 21 heavy (non-hydrogen) atoms. The van der Waals surface area contributed by atoms with Gasteiger partial charge in [0.15, 0.2) is 0 Å². The molecule has 0 amide bonds. The Bertz CT molecular complexity index is 585. The van der Waals surface area contributed by atoms with Gasteiger partial charge in [-0.05, 0) is 85.0 Å². The number of fused-ring (bicyclic) bond motifs is 5. The third-order valence-electron chi connectivity index (χ3n) is 6.70. The summed E-state index contributed by atoms with van der Waals surface area (Å²) in [6.45, 7) is 2.29. The molecule has 0 unspecified atom stereocenters. The number of hydrogen-bond donors (Lipinski definition) is 2. The van der Waals surface area contributed by atoms with Crippen molar-refractivity contribution in [1.82, 2.24) is 0 Å². The Hall–Kier alpha value is -0.730. The summed E-state index contributed by atoms with van der Waals surface area (Å²) in [5.41, 5.74) is 2.64. The lowest BCUT2D eigenvalue weighted by atomic mass is 9.55. The van der Waals surface area contributed by atoms with Crippen LogP contribution in [0.5, 0.6) is 5.75 Å². The van der Waals surface area contributed by atoms with E-state index in [1.165, 1.54) is 17.5 Å². The van der Waals surface area contributed by atoms with Gasteiger partial charge in [-0.15, -0.1) is 0 Å². The molecule has 0 spiro atoms. The highest BCUT2D eigenvalue weighted by Crippen LogP contribution is 2.61. The van der Waals surface area contributed by atoms with E-state index in [2.05, 4.69) is 6.92 Å². The summed E-state index contributed by atoms with van der Waals surface area (Å²) < 4.78 is 0. The minimum absolute atomic E-state index is 0.113. The Morgan fingerprint density at radius 1 is 1.19 bits per heavy atom. The fraction of sp³-hybridized carbons (Fsp3) is 0.667. The minimum Gasteiger partial charge on any atom is -0.508 e. The Morgan fingerprint density at radius 3 is 2.81 bits per heavy atom. The fourth-order valence-electron chi connectivity index (χ4n) is 5.62. The van der Waals surface area contributed by atoms with Gasteiger partial charge in [0.25, 0.3) is 0 Å². The van der Waals surface area contributed by atoms with Crippen LogP contribution in [0.25, 0.3) is 0 Å². The molecule has 3 heteroatoms. The van der Waals surface area contributed by atoms with E-state index in [-0.39, 0.29) is 17.3 Å².